The third kappa shape index (κ3) is 6.12. The minimum absolute atomic E-state index is 0.151. The molecule has 0 spiro atoms. The van der Waals surface area contributed by atoms with Crippen LogP contribution in [0.5, 0.6) is 0 Å². The van der Waals surface area contributed by atoms with Crippen LogP contribution in [-0.4, -0.2) is 72.6 Å². The molecule has 1 fully saturated rings. The molecule has 11 heteroatoms. The van der Waals surface area contributed by atoms with E-state index in [4.69, 9.17) is 16.3 Å². The second-order valence-corrected chi connectivity index (χ2v) is 11.1. The van der Waals surface area contributed by atoms with Crippen molar-refractivity contribution in [2.45, 2.75) is 46.3 Å². The first-order valence-corrected chi connectivity index (χ1v) is 13.4. The number of imidazole rings is 1. The van der Waals surface area contributed by atoms with Gasteiger partial charge in [0.2, 0.25) is 5.95 Å². The Bertz CT molecular complexity index is 1490. The van der Waals surface area contributed by atoms with E-state index in [2.05, 4.69) is 42.1 Å². The molecule has 3 aromatic heterocycles. The molecule has 1 aliphatic rings. The summed E-state index contributed by atoms with van der Waals surface area (Å²) in [4.78, 5) is 37.5. The van der Waals surface area contributed by atoms with E-state index in [9.17, 15) is 4.79 Å². The minimum Gasteiger partial charge on any atom is -0.444 e. The number of ether oxygens (including phenoxy) is 1. The zero-order chi connectivity index (χ0) is 27.7. The first-order chi connectivity index (χ1) is 18.6. The van der Waals surface area contributed by atoms with E-state index in [1.54, 1.807) is 11.1 Å². The highest BCUT2D eigenvalue weighted by Gasteiger charge is 2.28. The molecular weight excluding hydrogens is 516 g/mol. The molecule has 4 aromatic rings. The Morgan fingerprint density at radius 2 is 1.87 bits per heavy atom. The largest absolute Gasteiger partial charge is 0.444 e. The summed E-state index contributed by atoms with van der Waals surface area (Å²) in [5.74, 6) is 1.22. The SMILES string of the molecule is Cc1cc(-c2ccc3[nH]c(Nc4cc(C(C)N5CCN(C(=O)OC(C)(C)C)CC5)ccn4)nc3c2Cl)ncn1. The molecule has 4 heterocycles. The Hall–Kier alpha value is -3.76. The molecule has 39 heavy (non-hydrogen) atoms. The van der Waals surface area contributed by atoms with Gasteiger partial charge < -0.3 is 19.9 Å². The summed E-state index contributed by atoms with van der Waals surface area (Å²) in [6.07, 6.45) is 3.06. The number of anilines is 2. The van der Waals surface area contributed by atoms with Crippen molar-refractivity contribution in [2.24, 2.45) is 0 Å². The van der Waals surface area contributed by atoms with Gasteiger partial charge in [0.05, 0.1) is 16.2 Å². The van der Waals surface area contributed by atoms with Gasteiger partial charge in [0.15, 0.2) is 0 Å². The molecule has 1 aliphatic heterocycles. The third-order valence-corrected chi connectivity index (χ3v) is 7.08. The van der Waals surface area contributed by atoms with Crippen LogP contribution in [0.3, 0.4) is 0 Å². The van der Waals surface area contributed by atoms with Crippen LogP contribution in [0.25, 0.3) is 22.3 Å². The second kappa shape index (κ2) is 10.8. The quantitative estimate of drug-likeness (QED) is 0.325. The van der Waals surface area contributed by atoms with Gasteiger partial charge in [-0.15, -0.1) is 0 Å². The number of amides is 1. The zero-order valence-corrected chi connectivity index (χ0v) is 23.6. The fraction of sp³-hybridized carbons (Fsp3) is 0.393. The van der Waals surface area contributed by atoms with Crippen molar-refractivity contribution in [3.8, 4) is 11.3 Å². The second-order valence-electron chi connectivity index (χ2n) is 10.7. The van der Waals surface area contributed by atoms with E-state index in [0.29, 0.717) is 35.4 Å². The van der Waals surface area contributed by atoms with Crippen molar-refractivity contribution < 1.29 is 9.53 Å². The molecule has 0 aliphatic carbocycles. The van der Waals surface area contributed by atoms with Crippen LogP contribution >= 0.6 is 11.6 Å². The van der Waals surface area contributed by atoms with Crippen LogP contribution in [0.4, 0.5) is 16.6 Å². The number of aryl methyl sites for hydroxylation is 1. The van der Waals surface area contributed by atoms with Crippen molar-refractivity contribution in [3.05, 3.63) is 59.1 Å². The van der Waals surface area contributed by atoms with Crippen molar-refractivity contribution in [3.63, 3.8) is 0 Å². The number of benzene rings is 1. The van der Waals surface area contributed by atoms with Crippen LogP contribution in [0.1, 0.15) is 45.0 Å². The van der Waals surface area contributed by atoms with Crippen LogP contribution in [-0.2, 0) is 4.74 Å². The van der Waals surface area contributed by atoms with Gasteiger partial charge >= 0.3 is 6.09 Å². The number of aromatic amines is 1. The van der Waals surface area contributed by atoms with E-state index in [1.807, 2.05) is 58.0 Å². The molecule has 10 nitrogen and oxygen atoms in total. The van der Waals surface area contributed by atoms with Crippen molar-refractivity contribution >= 4 is 40.5 Å². The summed E-state index contributed by atoms with van der Waals surface area (Å²) < 4.78 is 5.52. The summed E-state index contributed by atoms with van der Waals surface area (Å²) in [6, 6.07) is 9.95. The Balaban J connectivity index is 1.27. The Kier molecular flexibility index (Phi) is 7.42. The number of carbonyl (C=O) groups excluding carboxylic acids is 1. The monoisotopic (exact) mass is 548 g/mol. The summed E-state index contributed by atoms with van der Waals surface area (Å²) in [6.45, 7) is 12.5. The van der Waals surface area contributed by atoms with Crippen LogP contribution in [0, 0.1) is 6.92 Å². The number of carbonyl (C=O) groups is 1. The predicted molar refractivity (Wildman–Crippen MR) is 152 cm³/mol. The normalized spacial score (nSPS) is 15.4. The minimum atomic E-state index is -0.495. The lowest BCUT2D eigenvalue weighted by Crippen LogP contribution is -2.50. The first kappa shape index (κ1) is 26.8. The average Bonchev–Trinajstić information content (AvgIpc) is 3.31. The van der Waals surface area contributed by atoms with Crippen molar-refractivity contribution in [2.75, 3.05) is 31.5 Å². The summed E-state index contributed by atoms with van der Waals surface area (Å²) in [5.41, 5.74) is 4.51. The van der Waals surface area contributed by atoms with E-state index in [0.717, 1.165) is 41.1 Å². The topological polar surface area (TPSA) is 112 Å². The van der Waals surface area contributed by atoms with Gasteiger partial charge in [-0.2, -0.15) is 0 Å². The number of hydrogen-bond acceptors (Lipinski definition) is 8. The highest BCUT2D eigenvalue weighted by Crippen LogP contribution is 2.33. The van der Waals surface area contributed by atoms with Gasteiger partial charge in [-0.3, -0.25) is 4.90 Å². The lowest BCUT2D eigenvalue weighted by molar-refractivity contribution is 0.0110. The van der Waals surface area contributed by atoms with E-state index < -0.39 is 5.60 Å². The fourth-order valence-electron chi connectivity index (χ4n) is 4.63. The number of pyridine rings is 1. The summed E-state index contributed by atoms with van der Waals surface area (Å²) in [7, 11) is 0. The molecule has 2 N–H and O–H groups in total. The van der Waals surface area contributed by atoms with Crippen molar-refractivity contribution in [1.29, 1.82) is 0 Å². The van der Waals surface area contributed by atoms with E-state index in [-0.39, 0.29) is 12.1 Å². The molecule has 1 aromatic carbocycles. The van der Waals surface area contributed by atoms with Gasteiger partial charge in [0.1, 0.15) is 23.3 Å². The standard InChI is InChI=1S/C28H33ClN8O2/c1-17-14-22(32-16-31-17)20-6-7-21-25(24(20)29)35-26(33-21)34-23-15-19(8-9-30-23)18(2)36-10-12-37(13-11-36)27(38)39-28(3,4)5/h6-9,14-16,18H,10-13H2,1-5H3,(H2,30,33,34,35). The van der Waals surface area contributed by atoms with Gasteiger partial charge in [0.25, 0.3) is 0 Å². The maximum atomic E-state index is 12.4. The molecular formula is C28H33ClN8O2. The number of nitrogens with zero attached hydrogens (tertiary/aromatic N) is 6. The Morgan fingerprint density at radius 3 is 2.59 bits per heavy atom. The first-order valence-electron chi connectivity index (χ1n) is 13.0. The molecule has 0 radical (unpaired) electrons. The molecule has 1 amide bonds. The van der Waals surface area contributed by atoms with Gasteiger partial charge in [0, 0.05) is 49.7 Å². The number of aromatic nitrogens is 5. The fourth-order valence-corrected chi connectivity index (χ4v) is 4.93. The molecule has 1 saturated heterocycles. The molecule has 0 bridgehead atoms. The van der Waals surface area contributed by atoms with Crippen LogP contribution in [0.2, 0.25) is 5.02 Å². The molecule has 1 atom stereocenters. The predicted octanol–water partition coefficient (Wildman–Crippen LogP) is 5.73. The molecule has 5 rings (SSSR count). The maximum Gasteiger partial charge on any atom is 0.410 e. The Labute approximate surface area is 232 Å². The van der Waals surface area contributed by atoms with Crippen LogP contribution < -0.4 is 5.32 Å². The summed E-state index contributed by atoms with van der Waals surface area (Å²) >= 11 is 6.73. The lowest BCUT2D eigenvalue weighted by atomic mass is 10.1. The smallest absolute Gasteiger partial charge is 0.410 e. The van der Waals surface area contributed by atoms with Crippen molar-refractivity contribution in [1.82, 2.24) is 34.7 Å². The number of hydrogen-bond donors (Lipinski definition) is 2. The number of rotatable bonds is 5. The average molecular weight is 549 g/mol. The number of piperazine rings is 1. The molecule has 1 unspecified atom stereocenters. The Morgan fingerprint density at radius 1 is 1.10 bits per heavy atom. The van der Waals surface area contributed by atoms with Gasteiger partial charge in [-0.25, -0.2) is 24.7 Å². The highest BCUT2D eigenvalue weighted by atomic mass is 35.5. The summed E-state index contributed by atoms with van der Waals surface area (Å²) in [5, 5.41) is 3.80. The number of H-pyrrole nitrogens is 1. The highest BCUT2D eigenvalue weighted by molar-refractivity contribution is 6.37. The van der Waals surface area contributed by atoms with E-state index >= 15 is 0 Å². The van der Waals surface area contributed by atoms with Gasteiger partial charge in [-0.1, -0.05) is 11.6 Å². The number of fused-ring (bicyclic) bond motifs is 1. The third-order valence-electron chi connectivity index (χ3n) is 6.70. The van der Waals surface area contributed by atoms with E-state index in [1.165, 1.54) is 6.33 Å². The van der Waals surface area contributed by atoms with Crippen LogP contribution in [0.15, 0.2) is 42.9 Å². The maximum absolute atomic E-state index is 12.4. The zero-order valence-electron chi connectivity index (χ0n) is 22.8. The molecule has 204 valence electrons. The number of halogens is 1. The lowest BCUT2D eigenvalue weighted by Gasteiger charge is -2.38. The molecule has 0 saturated carbocycles. The van der Waals surface area contributed by atoms with Gasteiger partial charge in [-0.05, 0) is 70.5 Å². The number of nitrogens with one attached hydrogen (secondary N) is 2.